The van der Waals surface area contributed by atoms with Crippen molar-refractivity contribution in [2.75, 3.05) is 19.5 Å². The summed E-state index contributed by atoms with van der Waals surface area (Å²) < 4.78 is 15.5. The van der Waals surface area contributed by atoms with Gasteiger partial charge in [0.1, 0.15) is 0 Å². The number of methoxy groups -OCH3 is 2. The largest absolute Gasteiger partial charge is 0.493 e. The average Bonchev–Trinajstić information content (AvgIpc) is 2.64. The number of carbonyl (C=O) groups excluding carboxylic acids is 2. The zero-order valence-electron chi connectivity index (χ0n) is 15.0. The van der Waals surface area contributed by atoms with Gasteiger partial charge in [-0.1, -0.05) is 29.3 Å². The first-order valence-electron chi connectivity index (χ1n) is 8.00. The van der Waals surface area contributed by atoms with Crippen molar-refractivity contribution < 1.29 is 23.8 Å². The molecule has 0 unspecified atom stereocenters. The Bertz CT molecular complexity index is 841. The lowest BCUT2D eigenvalue weighted by atomic mass is 10.1. The molecular formula is C19H19Cl2NO5. The molecule has 0 saturated carbocycles. The van der Waals surface area contributed by atoms with Crippen molar-refractivity contribution in [2.45, 2.75) is 19.4 Å². The second-order valence-corrected chi connectivity index (χ2v) is 6.46. The van der Waals surface area contributed by atoms with E-state index < -0.39 is 18.0 Å². The summed E-state index contributed by atoms with van der Waals surface area (Å²) in [6.07, 6.45) is -1.02. The van der Waals surface area contributed by atoms with Gasteiger partial charge in [-0.25, -0.2) is 0 Å². The smallest absolute Gasteiger partial charge is 0.311 e. The van der Waals surface area contributed by atoms with Gasteiger partial charge >= 0.3 is 5.97 Å². The normalized spacial score (nSPS) is 11.4. The molecule has 0 radical (unpaired) electrons. The molecular weight excluding hydrogens is 393 g/mol. The summed E-state index contributed by atoms with van der Waals surface area (Å²) in [6, 6.07) is 9.77. The van der Waals surface area contributed by atoms with Gasteiger partial charge in [-0.3, -0.25) is 9.59 Å². The van der Waals surface area contributed by atoms with E-state index in [1.807, 2.05) is 0 Å². The first kappa shape index (κ1) is 20.9. The molecule has 0 fully saturated rings. The average molecular weight is 412 g/mol. The van der Waals surface area contributed by atoms with Gasteiger partial charge in [0.25, 0.3) is 5.91 Å². The van der Waals surface area contributed by atoms with Gasteiger partial charge in [0.05, 0.1) is 31.4 Å². The molecule has 0 aromatic heterocycles. The van der Waals surface area contributed by atoms with E-state index in [2.05, 4.69) is 5.32 Å². The van der Waals surface area contributed by atoms with Crippen LogP contribution in [0.1, 0.15) is 12.5 Å². The first-order valence-corrected chi connectivity index (χ1v) is 8.76. The van der Waals surface area contributed by atoms with Crippen LogP contribution in [0.25, 0.3) is 0 Å². The van der Waals surface area contributed by atoms with Crippen LogP contribution in [-0.4, -0.2) is 32.2 Å². The number of rotatable bonds is 7. The fourth-order valence-electron chi connectivity index (χ4n) is 2.28. The predicted molar refractivity (Wildman–Crippen MR) is 104 cm³/mol. The van der Waals surface area contributed by atoms with Crippen molar-refractivity contribution in [3.8, 4) is 11.5 Å². The van der Waals surface area contributed by atoms with Crippen LogP contribution in [0.2, 0.25) is 10.0 Å². The molecule has 2 rings (SSSR count). The van der Waals surface area contributed by atoms with Crippen molar-refractivity contribution in [3.05, 3.63) is 52.0 Å². The number of nitrogens with one attached hydrogen (secondary N) is 1. The number of carbonyl (C=O) groups is 2. The van der Waals surface area contributed by atoms with Crippen molar-refractivity contribution in [1.29, 1.82) is 0 Å². The summed E-state index contributed by atoms with van der Waals surface area (Å²) >= 11 is 11.9. The maximum atomic E-state index is 12.2. The second kappa shape index (κ2) is 9.48. The van der Waals surface area contributed by atoms with Gasteiger partial charge in [0, 0.05) is 5.02 Å². The van der Waals surface area contributed by atoms with Crippen molar-refractivity contribution in [2.24, 2.45) is 0 Å². The highest BCUT2D eigenvalue weighted by Gasteiger charge is 2.19. The fourth-order valence-corrected chi connectivity index (χ4v) is 2.61. The molecule has 27 heavy (non-hydrogen) atoms. The molecule has 2 aromatic carbocycles. The zero-order chi connectivity index (χ0) is 20.0. The lowest BCUT2D eigenvalue weighted by molar-refractivity contribution is -0.152. The molecule has 1 N–H and O–H groups in total. The summed E-state index contributed by atoms with van der Waals surface area (Å²) in [5, 5.41) is 3.34. The fraction of sp³-hybridized carbons (Fsp3) is 0.263. The van der Waals surface area contributed by atoms with E-state index in [1.165, 1.54) is 27.2 Å². The standard InChI is InChI=1S/C19H19Cl2NO5/c1-11(19(24)22-15-10-13(20)5-6-14(15)21)27-18(23)9-12-4-7-16(25-2)17(8-12)26-3/h4-8,10-11H,9H2,1-3H3,(H,22,24)/t11-/m1/s1. The highest BCUT2D eigenvalue weighted by molar-refractivity contribution is 6.35. The minimum Gasteiger partial charge on any atom is -0.493 e. The third-order valence-electron chi connectivity index (χ3n) is 3.66. The monoisotopic (exact) mass is 411 g/mol. The van der Waals surface area contributed by atoms with E-state index >= 15 is 0 Å². The van der Waals surface area contributed by atoms with Gasteiger partial charge in [-0.15, -0.1) is 0 Å². The van der Waals surface area contributed by atoms with E-state index in [0.29, 0.717) is 32.8 Å². The molecule has 0 bridgehead atoms. The molecule has 0 spiro atoms. The van der Waals surface area contributed by atoms with E-state index in [4.69, 9.17) is 37.4 Å². The number of hydrogen-bond donors (Lipinski definition) is 1. The van der Waals surface area contributed by atoms with Crippen LogP contribution in [0, 0.1) is 0 Å². The summed E-state index contributed by atoms with van der Waals surface area (Å²) in [4.78, 5) is 24.4. The highest BCUT2D eigenvalue weighted by Crippen LogP contribution is 2.28. The van der Waals surface area contributed by atoms with Gasteiger partial charge in [0.2, 0.25) is 0 Å². The maximum Gasteiger partial charge on any atom is 0.311 e. The van der Waals surface area contributed by atoms with Crippen LogP contribution in [-0.2, 0) is 20.7 Å². The van der Waals surface area contributed by atoms with Crippen LogP contribution in [0.4, 0.5) is 5.69 Å². The third kappa shape index (κ3) is 5.77. The Morgan fingerprint density at radius 3 is 2.41 bits per heavy atom. The first-order chi connectivity index (χ1) is 12.8. The van der Waals surface area contributed by atoms with Gasteiger partial charge < -0.3 is 19.5 Å². The van der Waals surface area contributed by atoms with Crippen LogP contribution in [0.15, 0.2) is 36.4 Å². The Labute approximate surface area is 167 Å². The summed E-state index contributed by atoms with van der Waals surface area (Å²) in [7, 11) is 3.03. The molecule has 6 nitrogen and oxygen atoms in total. The Morgan fingerprint density at radius 2 is 1.74 bits per heavy atom. The lowest BCUT2D eigenvalue weighted by Crippen LogP contribution is -2.30. The number of amides is 1. The molecule has 0 aliphatic heterocycles. The Balaban J connectivity index is 1.96. The van der Waals surface area contributed by atoms with E-state index in [-0.39, 0.29) is 6.42 Å². The number of esters is 1. The Kier molecular flexibility index (Phi) is 7.33. The third-order valence-corrected chi connectivity index (χ3v) is 4.22. The molecule has 0 saturated heterocycles. The Hall–Kier alpha value is -2.44. The molecule has 144 valence electrons. The summed E-state index contributed by atoms with van der Waals surface area (Å²) in [5.74, 6) is -0.00755. The van der Waals surface area contributed by atoms with E-state index in [9.17, 15) is 9.59 Å². The molecule has 1 atom stereocenters. The SMILES string of the molecule is COc1ccc(CC(=O)O[C@H](C)C(=O)Nc2cc(Cl)ccc2Cl)cc1OC. The molecule has 1 amide bonds. The highest BCUT2D eigenvalue weighted by atomic mass is 35.5. The van der Waals surface area contributed by atoms with Crippen molar-refractivity contribution in [3.63, 3.8) is 0 Å². The molecule has 0 aliphatic rings. The number of benzene rings is 2. The number of halogens is 2. The minimum atomic E-state index is -1.01. The quantitative estimate of drug-likeness (QED) is 0.693. The molecule has 2 aromatic rings. The second-order valence-electron chi connectivity index (χ2n) is 5.61. The Morgan fingerprint density at radius 1 is 1.04 bits per heavy atom. The van der Waals surface area contributed by atoms with Crippen molar-refractivity contribution in [1.82, 2.24) is 0 Å². The van der Waals surface area contributed by atoms with Gasteiger partial charge in [0.15, 0.2) is 17.6 Å². The van der Waals surface area contributed by atoms with Gasteiger partial charge in [-0.05, 0) is 42.8 Å². The summed E-state index contributed by atoms with van der Waals surface area (Å²) in [5.41, 5.74) is 1.01. The van der Waals surface area contributed by atoms with E-state index in [1.54, 1.807) is 30.3 Å². The van der Waals surface area contributed by atoms with Crippen molar-refractivity contribution >= 4 is 40.8 Å². The van der Waals surface area contributed by atoms with Crippen LogP contribution in [0.3, 0.4) is 0 Å². The van der Waals surface area contributed by atoms with Crippen LogP contribution < -0.4 is 14.8 Å². The number of ether oxygens (including phenoxy) is 3. The number of hydrogen-bond acceptors (Lipinski definition) is 5. The maximum absolute atomic E-state index is 12.2. The minimum absolute atomic E-state index is 0.0180. The number of anilines is 1. The topological polar surface area (TPSA) is 73.9 Å². The summed E-state index contributed by atoms with van der Waals surface area (Å²) in [6.45, 7) is 1.47. The molecule has 0 aliphatic carbocycles. The van der Waals surface area contributed by atoms with Crippen LogP contribution in [0.5, 0.6) is 11.5 Å². The molecule has 0 heterocycles. The van der Waals surface area contributed by atoms with Gasteiger partial charge in [-0.2, -0.15) is 0 Å². The zero-order valence-corrected chi connectivity index (χ0v) is 16.6. The van der Waals surface area contributed by atoms with E-state index in [0.717, 1.165) is 0 Å². The van der Waals surface area contributed by atoms with Crippen LogP contribution >= 0.6 is 23.2 Å². The lowest BCUT2D eigenvalue weighted by Gasteiger charge is -2.15. The predicted octanol–water partition coefficient (Wildman–Crippen LogP) is 4.12. The molecule has 8 heteroatoms.